The third-order valence-electron chi connectivity index (χ3n) is 6.24. The van der Waals surface area contributed by atoms with Gasteiger partial charge in [-0.25, -0.2) is 4.98 Å². The molecule has 2 amide bonds. The maximum atomic E-state index is 13.0. The van der Waals surface area contributed by atoms with E-state index in [4.69, 9.17) is 4.98 Å². The lowest BCUT2D eigenvalue weighted by Gasteiger charge is -2.30. The monoisotopic (exact) mass is 352 g/mol. The minimum atomic E-state index is -0.0138. The number of hydrogen-bond donors (Lipinski definition) is 0. The summed E-state index contributed by atoms with van der Waals surface area (Å²) in [4.78, 5) is 33.9. The van der Waals surface area contributed by atoms with Gasteiger partial charge >= 0.3 is 0 Å². The summed E-state index contributed by atoms with van der Waals surface area (Å²) in [5, 5.41) is 0. The van der Waals surface area contributed by atoms with E-state index < -0.39 is 0 Å². The van der Waals surface area contributed by atoms with E-state index in [1.807, 2.05) is 41.1 Å². The Morgan fingerprint density at radius 3 is 2.81 bits per heavy atom. The Morgan fingerprint density at radius 2 is 2.00 bits per heavy atom. The molecule has 5 rings (SSSR count). The molecule has 1 aliphatic carbocycles. The number of rotatable bonds is 3. The summed E-state index contributed by atoms with van der Waals surface area (Å²) in [6.07, 6.45) is 3.32. The number of benzene rings is 1. The Labute approximate surface area is 152 Å². The molecule has 26 heavy (non-hydrogen) atoms. The van der Waals surface area contributed by atoms with E-state index in [1.165, 1.54) is 0 Å². The summed E-state index contributed by atoms with van der Waals surface area (Å²) < 4.78 is 2.10. The first-order valence-corrected chi connectivity index (χ1v) is 9.59. The molecule has 0 N–H and O–H groups in total. The third-order valence-corrected chi connectivity index (χ3v) is 6.24. The third kappa shape index (κ3) is 2.50. The van der Waals surface area contributed by atoms with E-state index in [0.29, 0.717) is 31.5 Å². The van der Waals surface area contributed by atoms with Gasteiger partial charge < -0.3 is 14.4 Å². The Hall–Kier alpha value is -2.37. The van der Waals surface area contributed by atoms with E-state index in [1.54, 1.807) is 0 Å². The Bertz CT molecular complexity index is 885. The van der Waals surface area contributed by atoms with Crippen LogP contribution in [0.25, 0.3) is 11.0 Å². The first-order valence-electron chi connectivity index (χ1n) is 9.59. The van der Waals surface area contributed by atoms with Crippen molar-refractivity contribution in [1.29, 1.82) is 0 Å². The first-order chi connectivity index (χ1) is 12.6. The SMILES string of the molecule is CN1CC[C@@H]2CN(C(=O)Cn3c(C4CC4)nc4ccccc43)C[C@@H]2C1=O. The van der Waals surface area contributed by atoms with Crippen molar-refractivity contribution in [2.45, 2.75) is 31.7 Å². The topological polar surface area (TPSA) is 58.4 Å². The van der Waals surface area contributed by atoms with Gasteiger partial charge in [0.25, 0.3) is 0 Å². The smallest absolute Gasteiger partial charge is 0.242 e. The molecule has 0 radical (unpaired) electrons. The molecule has 6 heteroatoms. The molecule has 6 nitrogen and oxygen atoms in total. The molecule has 2 atom stereocenters. The molecule has 136 valence electrons. The molecule has 2 saturated heterocycles. The fourth-order valence-corrected chi connectivity index (χ4v) is 4.55. The minimum absolute atomic E-state index is 0.0138. The zero-order valence-electron chi connectivity index (χ0n) is 15.1. The van der Waals surface area contributed by atoms with Gasteiger partial charge in [0, 0.05) is 32.6 Å². The quantitative estimate of drug-likeness (QED) is 0.847. The van der Waals surface area contributed by atoms with Crippen LogP contribution in [0.15, 0.2) is 24.3 Å². The Morgan fingerprint density at radius 1 is 1.19 bits per heavy atom. The average molecular weight is 352 g/mol. The molecule has 1 aromatic heterocycles. The van der Waals surface area contributed by atoms with Crippen LogP contribution in [0.3, 0.4) is 0 Å². The van der Waals surface area contributed by atoms with Crippen LogP contribution in [0.1, 0.15) is 31.0 Å². The number of para-hydroxylation sites is 2. The highest BCUT2D eigenvalue weighted by molar-refractivity contribution is 5.84. The van der Waals surface area contributed by atoms with Crippen LogP contribution in [0.4, 0.5) is 0 Å². The lowest BCUT2D eigenvalue weighted by molar-refractivity contribution is -0.138. The number of imidazole rings is 1. The molecule has 3 fully saturated rings. The predicted octanol–water partition coefficient (Wildman–Crippen LogP) is 1.85. The van der Waals surface area contributed by atoms with Crippen molar-refractivity contribution in [3.8, 4) is 0 Å². The highest BCUT2D eigenvalue weighted by Gasteiger charge is 2.43. The number of piperidine rings is 1. The second-order valence-corrected chi connectivity index (χ2v) is 8.03. The Kier molecular flexibility index (Phi) is 3.55. The molecule has 2 aromatic rings. The molecule has 0 unspecified atom stereocenters. The lowest BCUT2D eigenvalue weighted by atomic mass is 9.88. The van der Waals surface area contributed by atoms with Crippen molar-refractivity contribution in [3.05, 3.63) is 30.1 Å². The largest absolute Gasteiger partial charge is 0.345 e. The second-order valence-electron chi connectivity index (χ2n) is 8.03. The molecule has 1 saturated carbocycles. The zero-order valence-corrected chi connectivity index (χ0v) is 15.1. The van der Waals surface area contributed by atoms with Crippen LogP contribution in [0.5, 0.6) is 0 Å². The van der Waals surface area contributed by atoms with Gasteiger partial charge in [0.15, 0.2) is 0 Å². The van der Waals surface area contributed by atoms with Crippen LogP contribution < -0.4 is 0 Å². The van der Waals surface area contributed by atoms with E-state index in [-0.39, 0.29) is 17.7 Å². The Balaban J connectivity index is 1.39. The number of hydrogen-bond acceptors (Lipinski definition) is 3. The summed E-state index contributed by atoms with van der Waals surface area (Å²) in [7, 11) is 1.86. The van der Waals surface area contributed by atoms with Crippen molar-refractivity contribution in [1.82, 2.24) is 19.4 Å². The molecular formula is C20H24N4O2. The maximum absolute atomic E-state index is 13.0. The van der Waals surface area contributed by atoms with Crippen molar-refractivity contribution >= 4 is 22.8 Å². The van der Waals surface area contributed by atoms with Crippen LogP contribution in [-0.4, -0.2) is 57.8 Å². The summed E-state index contributed by atoms with van der Waals surface area (Å²) in [6.45, 7) is 2.42. The minimum Gasteiger partial charge on any atom is -0.345 e. The highest BCUT2D eigenvalue weighted by atomic mass is 16.2. The standard InChI is InChI=1S/C20H24N4O2/c1-22-9-8-14-10-23(11-15(14)20(22)26)18(25)12-24-17-5-3-2-4-16(17)21-19(24)13-6-7-13/h2-5,13-15H,6-12H2,1H3/t14-,15+/m1/s1. The predicted molar refractivity (Wildman–Crippen MR) is 97.5 cm³/mol. The molecule has 1 aromatic carbocycles. The molecule has 0 bridgehead atoms. The van der Waals surface area contributed by atoms with E-state index in [2.05, 4.69) is 4.57 Å². The first kappa shape index (κ1) is 15.9. The second kappa shape index (κ2) is 5.83. The number of likely N-dealkylation sites (tertiary alicyclic amines) is 2. The highest BCUT2D eigenvalue weighted by Crippen LogP contribution is 2.41. The van der Waals surface area contributed by atoms with Gasteiger partial charge in [-0.15, -0.1) is 0 Å². The van der Waals surface area contributed by atoms with Crippen LogP contribution >= 0.6 is 0 Å². The van der Waals surface area contributed by atoms with Gasteiger partial charge in [-0.2, -0.15) is 0 Å². The van der Waals surface area contributed by atoms with Crippen molar-refractivity contribution in [2.75, 3.05) is 26.7 Å². The normalized spacial score (nSPS) is 25.8. The van der Waals surface area contributed by atoms with Gasteiger partial charge in [0.1, 0.15) is 12.4 Å². The van der Waals surface area contributed by atoms with E-state index >= 15 is 0 Å². The molecule has 3 heterocycles. The number of carbonyl (C=O) groups is 2. The summed E-state index contributed by atoms with van der Waals surface area (Å²) in [6, 6.07) is 8.05. The van der Waals surface area contributed by atoms with E-state index in [0.717, 1.165) is 42.7 Å². The number of aromatic nitrogens is 2. The van der Waals surface area contributed by atoms with Gasteiger partial charge in [-0.1, -0.05) is 12.1 Å². The number of fused-ring (bicyclic) bond motifs is 2. The van der Waals surface area contributed by atoms with Crippen LogP contribution in [-0.2, 0) is 16.1 Å². The molecule has 2 aliphatic heterocycles. The maximum Gasteiger partial charge on any atom is 0.242 e. The van der Waals surface area contributed by atoms with E-state index in [9.17, 15) is 9.59 Å². The average Bonchev–Trinajstić information content (AvgIpc) is 3.29. The van der Waals surface area contributed by atoms with Gasteiger partial charge in [0.05, 0.1) is 17.0 Å². The van der Waals surface area contributed by atoms with Gasteiger partial charge in [-0.3, -0.25) is 9.59 Å². The summed E-state index contributed by atoms with van der Waals surface area (Å²) in [5.74, 6) is 2.16. The van der Waals surface area contributed by atoms with Gasteiger partial charge in [0.2, 0.25) is 11.8 Å². The summed E-state index contributed by atoms with van der Waals surface area (Å²) >= 11 is 0. The number of nitrogens with zero attached hydrogens (tertiary/aromatic N) is 4. The molecule has 3 aliphatic rings. The van der Waals surface area contributed by atoms with Crippen molar-refractivity contribution in [2.24, 2.45) is 11.8 Å². The number of amides is 2. The fourth-order valence-electron chi connectivity index (χ4n) is 4.55. The van der Waals surface area contributed by atoms with Gasteiger partial charge in [-0.05, 0) is 37.3 Å². The van der Waals surface area contributed by atoms with Crippen LogP contribution in [0, 0.1) is 11.8 Å². The molecule has 0 spiro atoms. The number of carbonyl (C=O) groups excluding carboxylic acids is 2. The lowest BCUT2D eigenvalue weighted by Crippen LogP contribution is -2.42. The zero-order chi connectivity index (χ0) is 17.8. The van der Waals surface area contributed by atoms with Crippen molar-refractivity contribution in [3.63, 3.8) is 0 Å². The van der Waals surface area contributed by atoms with Crippen LogP contribution in [0.2, 0.25) is 0 Å². The fraction of sp³-hybridized carbons (Fsp3) is 0.550. The summed E-state index contributed by atoms with van der Waals surface area (Å²) in [5.41, 5.74) is 2.00. The van der Waals surface area contributed by atoms with Crippen molar-refractivity contribution < 1.29 is 9.59 Å². The molecular weight excluding hydrogens is 328 g/mol.